The number of aliphatic hydroxyl groups is 1. The van der Waals surface area contributed by atoms with Crippen LogP contribution in [-0.2, 0) is 16.7 Å². The number of rotatable bonds is 5. The lowest BCUT2D eigenvalue weighted by Gasteiger charge is -2.07. The Morgan fingerprint density at radius 3 is 2.68 bits per heavy atom. The van der Waals surface area contributed by atoms with Crippen molar-refractivity contribution < 1.29 is 18.1 Å². The Bertz CT molecular complexity index is 1020. The third-order valence-corrected chi connectivity index (χ3v) is 5.32. The highest BCUT2D eigenvalue weighted by molar-refractivity contribution is 7.86. The second-order valence-corrected chi connectivity index (χ2v) is 7.77. The van der Waals surface area contributed by atoms with E-state index in [9.17, 15) is 18.1 Å². The van der Waals surface area contributed by atoms with Crippen molar-refractivity contribution in [3.63, 3.8) is 0 Å². The highest BCUT2D eigenvalue weighted by Gasteiger charge is 2.18. The predicted molar refractivity (Wildman–Crippen MR) is 95.8 cm³/mol. The van der Waals surface area contributed by atoms with E-state index in [1.807, 2.05) is 0 Å². The van der Waals surface area contributed by atoms with Crippen LogP contribution in [-0.4, -0.2) is 28.0 Å². The van der Waals surface area contributed by atoms with E-state index in [0.717, 1.165) is 11.3 Å². The van der Waals surface area contributed by atoms with Crippen LogP contribution in [0, 0.1) is 0 Å². The molecule has 7 nitrogen and oxygen atoms in total. The minimum atomic E-state index is -4.38. The third kappa shape index (κ3) is 3.97. The molecular weight excluding hydrogens is 386 g/mol. The van der Waals surface area contributed by atoms with Gasteiger partial charge in [0.25, 0.3) is 10.1 Å². The van der Waals surface area contributed by atoms with Gasteiger partial charge < -0.3 is 10.4 Å². The predicted octanol–water partition coefficient (Wildman–Crippen LogP) is 3.34. The minimum Gasteiger partial charge on any atom is -0.391 e. The van der Waals surface area contributed by atoms with Crippen molar-refractivity contribution in [2.24, 2.45) is 0 Å². The zero-order valence-electron chi connectivity index (χ0n) is 12.5. The van der Waals surface area contributed by atoms with Crippen molar-refractivity contribution in [2.45, 2.75) is 11.5 Å². The number of hydrogen-bond acceptors (Lipinski definition) is 7. The summed E-state index contributed by atoms with van der Waals surface area (Å²) in [5.74, 6) is 0. The lowest BCUT2D eigenvalue weighted by atomic mass is 10.2. The van der Waals surface area contributed by atoms with Gasteiger partial charge in [-0.15, -0.1) is 0 Å². The molecule has 0 saturated heterocycles. The number of thiazole rings is 1. The van der Waals surface area contributed by atoms with Crippen molar-refractivity contribution in [1.82, 2.24) is 9.97 Å². The molecule has 0 spiro atoms. The summed E-state index contributed by atoms with van der Waals surface area (Å²) in [7, 11) is -4.38. The molecule has 0 aliphatic carbocycles. The van der Waals surface area contributed by atoms with Crippen LogP contribution in [0.2, 0.25) is 5.15 Å². The lowest BCUT2D eigenvalue weighted by molar-refractivity contribution is 0.286. The second kappa shape index (κ2) is 7.06. The summed E-state index contributed by atoms with van der Waals surface area (Å²) in [6.07, 6.45) is 1.53. The number of anilines is 2. The molecule has 3 N–H and O–H groups in total. The van der Waals surface area contributed by atoms with Crippen LogP contribution < -0.4 is 5.32 Å². The van der Waals surface area contributed by atoms with Crippen molar-refractivity contribution in [3.05, 3.63) is 52.6 Å². The van der Waals surface area contributed by atoms with E-state index >= 15 is 0 Å². The fourth-order valence-electron chi connectivity index (χ4n) is 2.20. The van der Waals surface area contributed by atoms with Gasteiger partial charge in [0.05, 0.1) is 22.9 Å². The summed E-state index contributed by atoms with van der Waals surface area (Å²) < 4.78 is 32.3. The van der Waals surface area contributed by atoms with Crippen LogP contribution in [0.15, 0.2) is 47.5 Å². The molecule has 2 heterocycles. The summed E-state index contributed by atoms with van der Waals surface area (Å²) in [5, 5.41) is 13.1. The highest BCUT2D eigenvalue weighted by Crippen LogP contribution is 2.34. The zero-order valence-corrected chi connectivity index (χ0v) is 14.9. The maximum Gasteiger partial charge on any atom is 0.296 e. The van der Waals surface area contributed by atoms with Crippen LogP contribution in [0.25, 0.3) is 11.3 Å². The van der Waals surface area contributed by atoms with Crippen molar-refractivity contribution >= 4 is 43.9 Å². The Kier molecular flexibility index (Phi) is 5.02. The molecule has 10 heteroatoms. The van der Waals surface area contributed by atoms with Gasteiger partial charge >= 0.3 is 0 Å². The fourth-order valence-corrected chi connectivity index (χ4v) is 3.88. The van der Waals surface area contributed by atoms with Crippen molar-refractivity contribution in [1.29, 1.82) is 0 Å². The van der Waals surface area contributed by atoms with Crippen LogP contribution in [0.5, 0.6) is 0 Å². The summed E-state index contributed by atoms with van der Waals surface area (Å²) in [6.45, 7) is -0.242. The molecule has 0 radical (unpaired) electrons. The van der Waals surface area contributed by atoms with Gasteiger partial charge in [-0.05, 0) is 24.3 Å². The van der Waals surface area contributed by atoms with E-state index in [1.165, 1.54) is 24.4 Å². The number of benzene rings is 1. The van der Waals surface area contributed by atoms with E-state index in [2.05, 4.69) is 15.3 Å². The normalized spacial score (nSPS) is 11.5. The Morgan fingerprint density at radius 1 is 1.24 bits per heavy atom. The summed E-state index contributed by atoms with van der Waals surface area (Å²) >= 11 is 7.05. The van der Waals surface area contributed by atoms with E-state index in [0.29, 0.717) is 26.4 Å². The third-order valence-electron chi connectivity index (χ3n) is 3.25. The Hall–Kier alpha value is -2.04. The number of pyridine rings is 1. The van der Waals surface area contributed by atoms with Gasteiger partial charge in [0.15, 0.2) is 5.13 Å². The molecule has 0 bridgehead atoms. The fraction of sp³-hybridized carbons (Fsp3) is 0.0667. The van der Waals surface area contributed by atoms with Gasteiger partial charge in [0.2, 0.25) is 0 Å². The van der Waals surface area contributed by atoms with Gasteiger partial charge in [0.1, 0.15) is 10.0 Å². The van der Waals surface area contributed by atoms with Gasteiger partial charge in [-0.3, -0.25) is 4.55 Å². The van der Waals surface area contributed by atoms with Crippen LogP contribution in [0.3, 0.4) is 0 Å². The summed E-state index contributed by atoms with van der Waals surface area (Å²) in [6, 6.07) is 9.23. The first-order chi connectivity index (χ1) is 11.9. The first-order valence-corrected chi connectivity index (χ1v) is 9.58. The molecule has 3 aromatic rings. The smallest absolute Gasteiger partial charge is 0.296 e. The number of hydrogen-bond donors (Lipinski definition) is 3. The molecule has 0 aliphatic heterocycles. The monoisotopic (exact) mass is 397 g/mol. The van der Waals surface area contributed by atoms with Crippen LogP contribution >= 0.6 is 22.9 Å². The van der Waals surface area contributed by atoms with Crippen molar-refractivity contribution in [2.75, 3.05) is 5.32 Å². The van der Waals surface area contributed by atoms with Gasteiger partial charge in [0, 0.05) is 11.8 Å². The van der Waals surface area contributed by atoms with Crippen molar-refractivity contribution in [3.8, 4) is 11.3 Å². The molecule has 0 amide bonds. The number of para-hydroxylation sites is 1. The van der Waals surface area contributed by atoms with E-state index in [1.54, 1.807) is 18.2 Å². The maximum absolute atomic E-state index is 11.5. The minimum absolute atomic E-state index is 0.183. The number of nitrogens with zero attached hydrogens (tertiary/aromatic N) is 2. The Balaban J connectivity index is 2.01. The van der Waals surface area contributed by atoms with Gasteiger partial charge in [-0.1, -0.05) is 35.1 Å². The highest BCUT2D eigenvalue weighted by atomic mass is 35.5. The largest absolute Gasteiger partial charge is 0.391 e. The SMILES string of the molecule is O=S(=O)(O)c1ccccc1Nc1nc(-c2ccnc(Cl)c2)c(CO)s1. The Morgan fingerprint density at radius 2 is 2.00 bits per heavy atom. The Labute approximate surface area is 152 Å². The van der Waals surface area contributed by atoms with Gasteiger partial charge in [-0.2, -0.15) is 8.42 Å². The number of aromatic nitrogens is 2. The molecule has 130 valence electrons. The number of halogens is 1. The average molecular weight is 398 g/mol. The first-order valence-electron chi connectivity index (χ1n) is 6.94. The molecule has 3 rings (SSSR count). The standard InChI is InChI=1S/C15H12ClN3O4S2/c16-13-7-9(5-6-17-13)14-11(8-20)24-15(19-14)18-10-3-1-2-4-12(10)25(21,22)23/h1-7,20H,8H2,(H,18,19)(H,21,22,23). The number of aliphatic hydroxyl groups excluding tert-OH is 1. The first kappa shape index (κ1) is 17.8. The molecule has 0 atom stereocenters. The van der Waals surface area contributed by atoms with E-state index in [4.69, 9.17) is 11.6 Å². The van der Waals surface area contributed by atoms with Gasteiger partial charge in [-0.25, -0.2) is 9.97 Å². The molecule has 0 saturated carbocycles. The average Bonchev–Trinajstić information content (AvgIpc) is 2.97. The topological polar surface area (TPSA) is 112 Å². The van der Waals surface area contributed by atoms with Crippen LogP contribution in [0.4, 0.5) is 10.8 Å². The maximum atomic E-state index is 11.5. The van der Waals surface area contributed by atoms with E-state index in [-0.39, 0.29) is 17.2 Å². The lowest BCUT2D eigenvalue weighted by Crippen LogP contribution is -2.02. The zero-order chi connectivity index (χ0) is 18.0. The quantitative estimate of drug-likeness (QED) is 0.447. The molecule has 25 heavy (non-hydrogen) atoms. The molecule has 0 aliphatic rings. The second-order valence-electron chi connectivity index (χ2n) is 4.91. The van der Waals surface area contributed by atoms with E-state index < -0.39 is 10.1 Å². The summed E-state index contributed by atoms with van der Waals surface area (Å²) in [5.41, 5.74) is 1.38. The molecular formula is C15H12ClN3O4S2. The molecule has 2 aromatic heterocycles. The molecule has 0 fully saturated rings. The number of nitrogens with one attached hydrogen (secondary N) is 1. The molecule has 0 unspecified atom stereocenters. The van der Waals surface area contributed by atoms with Crippen LogP contribution in [0.1, 0.15) is 4.88 Å². The summed E-state index contributed by atoms with van der Waals surface area (Å²) in [4.78, 5) is 8.62. The molecule has 1 aromatic carbocycles.